The van der Waals surface area contributed by atoms with Gasteiger partial charge in [0.15, 0.2) is 0 Å². The van der Waals surface area contributed by atoms with Crippen LogP contribution in [0.2, 0.25) is 0 Å². The summed E-state index contributed by atoms with van der Waals surface area (Å²) in [6, 6.07) is 6.47. The van der Waals surface area contributed by atoms with Crippen LogP contribution in [-0.2, 0) is 19.6 Å². The first kappa shape index (κ1) is 11.9. The molecule has 1 aromatic heterocycles. The van der Waals surface area contributed by atoms with E-state index in [0.29, 0.717) is 12.1 Å². The van der Waals surface area contributed by atoms with Gasteiger partial charge in [0.05, 0.1) is 18.2 Å². The van der Waals surface area contributed by atoms with Crippen molar-refractivity contribution in [2.75, 3.05) is 6.54 Å². The lowest BCUT2D eigenvalue weighted by atomic mass is 10.1. The van der Waals surface area contributed by atoms with Crippen molar-refractivity contribution in [3.8, 4) is 6.07 Å². The Morgan fingerprint density at radius 2 is 2.21 bits per heavy atom. The maximum atomic E-state index is 13.4. The lowest BCUT2D eigenvalue weighted by molar-refractivity contribution is 0.208. The van der Waals surface area contributed by atoms with Crippen LogP contribution in [0.1, 0.15) is 17.0 Å². The van der Waals surface area contributed by atoms with E-state index in [4.69, 9.17) is 5.26 Å². The molecule has 4 nitrogen and oxygen atoms in total. The van der Waals surface area contributed by atoms with E-state index >= 15 is 0 Å². The molecule has 0 unspecified atom stereocenters. The van der Waals surface area contributed by atoms with Gasteiger partial charge in [-0.25, -0.2) is 9.37 Å². The largest absolute Gasteiger partial charge is 0.333 e. The first-order valence-corrected chi connectivity index (χ1v) is 6.16. The van der Waals surface area contributed by atoms with Crippen molar-refractivity contribution in [3.63, 3.8) is 0 Å². The van der Waals surface area contributed by atoms with Crippen molar-refractivity contribution in [1.82, 2.24) is 14.5 Å². The summed E-state index contributed by atoms with van der Waals surface area (Å²) in [4.78, 5) is 6.50. The summed E-state index contributed by atoms with van der Waals surface area (Å²) in [6.07, 6.45) is 3.78. The van der Waals surface area contributed by atoms with Crippen LogP contribution in [0.15, 0.2) is 30.6 Å². The Morgan fingerprint density at radius 1 is 1.32 bits per heavy atom. The molecular formula is C14H13FN4. The van der Waals surface area contributed by atoms with E-state index in [1.165, 1.54) is 12.1 Å². The molecule has 96 valence electrons. The van der Waals surface area contributed by atoms with Crippen LogP contribution < -0.4 is 0 Å². The third-order valence-corrected chi connectivity index (χ3v) is 3.32. The number of nitrogens with zero attached hydrogens (tertiary/aromatic N) is 4. The second-order valence-electron chi connectivity index (χ2n) is 4.71. The summed E-state index contributed by atoms with van der Waals surface area (Å²) in [6.45, 7) is 3.20. The fraction of sp³-hybridized carbons (Fsp3) is 0.286. The predicted molar refractivity (Wildman–Crippen MR) is 67.5 cm³/mol. The Balaban J connectivity index is 1.76. The Labute approximate surface area is 110 Å². The van der Waals surface area contributed by atoms with E-state index in [-0.39, 0.29) is 5.82 Å². The van der Waals surface area contributed by atoms with Gasteiger partial charge in [0, 0.05) is 32.0 Å². The zero-order valence-electron chi connectivity index (χ0n) is 10.4. The molecule has 1 aliphatic rings. The van der Waals surface area contributed by atoms with Gasteiger partial charge in [0.25, 0.3) is 0 Å². The molecule has 0 saturated heterocycles. The van der Waals surface area contributed by atoms with Crippen LogP contribution >= 0.6 is 0 Å². The maximum absolute atomic E-state index is 13.4. The molecule has 0 N–H and O–H groups in total. The number of hydrogen-bond acceptors (Lipinski definition) is 3. The highest BCUT2D eigenvalue weighted by molar-refractivity contribution is 5.33. The molecule has 3 rings (SSSR count). The summed E-state index contributed by atoms with van der Waals surface area (Å²) >= 11 is 0. The predicted octanol–water partition coefficient (Wildman–Crippen LogP) is 1.91. The van der Waals surface area contributed by atoms with Gasteiger partial charge in [0.1, 0.15) is 11.6 Å². The van der Waals surface area contributed by atoms with Gasteiger partial charge in [-0.15, -0.1) is 0 Å². The molecule has 1 aliphatic heterocycles. The summed E-state index contributed by atoms with van der Waals surface area (Å²) in [5.74, 6) is 0.677. The van der Waals surface area contributed by atoms with Gasteiger partial charge >= 0.3 is 0 Å². The molecule has 0 spiro atoms. The topological polar surface area (TPSA) is 44.9 Å². The number of halogens is 1. The Kier molecular flexibility index (Phi) is 3.02. The van der Waals surface area contributed by atoms with E-state index in [1.54, 1.807) is 12.3 Å². The zero-order chi connectivity index (χ0) is 13.2. The number of hydrogen-bond donors (Lipinski definition) is 0. The second-order valence-corrected chi connectivity index (χ2v) is 4.71. The van der Waals surface area contributed by atoms with Crippen molar-refractivity contribution in [1.29, 1.82) is 5.26 Å². The van der Waals surface area contributed by atoms with Gasteiger partial charge < -0.3 is 4.57 Å². The quantitative estimate of drug-likeness (QED) is 0.824. The second kappa shape index (κ2) is 4.82. The van der Waals surface area contributed by atoms with Gasteiger partial charge in [-0.3, -0.25) is 4.90 Å². The molecular weight excluding hydrogens is 243 g/mol. The number of nitriles is 1. The molecule has 0 saturated carbocycles. The van der Waals surface area contributed by atoms with Crippen LogP contribution in [0.25, 0.3) is 0 Å². The van der Waals surface area contributed by atoms with Crippen molar-refractivity contribution >= 4 is 0 Å². The highest BCUT2D eigenvalue weighted by Crippen LogP contribution is 2.15. The average Bonchev–Trinajstić information content (AvgIpc) is 2.85. The Hall–Kier alpha value is -2.19. The number of benzene rings is 1. The molecule has 2 aromatic rings. The lowest BCUT2D eigenvalue weighted by Gasteiger charge is -2.27. The van der Waals surface area contributed by atoms with E-state index in [2.05, 4.69) is 14.5 Å². The molecule has 0 bridgehead atoms. The van der Waals surface area contributed by atoms with Crippen molar-refractivity contribution in [2.24, 2.45) is 0 Å². The molecule has 5 heteroatoms. The Morgan fingerprint density at radius 3 is 3.05 bits per heavy atom. The smallest absolute Gasteiger partial charge is 0.124 e. The number of aromatic nitrogens is 2. The lowest BCUT2D eigenvalue weighted by Crippen LogP contribution is -2.33. The third-order valence-electron chi connectivity index (χ3n) is 3.32. The van der Waals surface area contributed by atoms with Gasteiger partial charge in [-0.1, -0.05) is 0 Å². The minimum Gasteiger partial charge on any atom is -0.333 e. The fourth-order valence-electron chi connectivity index (χ4n) is 2.42. The maximum Gasteiger partial charge on any atom is 0.124 e. The van der Waals surface area contributed by atoms with Crippen LogP contribution in [0.3, 0.4) is 0 Å². The molecule has 1 aromatic carbocycles. The summed E-state index contributed by atoms with van der Waals surface area (Å²) in [5, 5.41) is 8.85. The minimum absolute atomic E-state index is 0.354. The summed E-state index contributed by atoms with van der Waals surface area (Å²) in [7, 11) is 0. The van der Waals surface area contributed by atoms with E-state index in [1.807, 2.05) is 12.3 Å². The number of imidazole rings is 1. The van der Waals surface area contributed by atoms with Crippen LogP contribution in [-0.4, -0.2) is 21.0 Å². The fourth-order valence-corrected chi connectivity index (χ4v) is 2.42. The summed E-state index contributed by atoms with van der Waals surface area (Å²) in [5.41, 5.74) is 1.20. The molecule has 19 heavy (non-hydrogen) atoms. The standard InChI is InChI=1S/C14H13FN4/c15-13-6-11(8-16)5-12(7-13)9-18-3-4-19-2-1-17-14(19)10-18/h1-2,5-7H,3-4,9-10H2. The number of fused-ring (bicyclic) bond motifs is 1. The van der Waals surface area contributed by atoms with Crippen molar-refractivity contribution in [3.05, 3.63) is 53.4 Å². The van der Waals surface area contributed by atoms with Gasteiger partial charge in [-0.2, -0.15) is 5.26 Å². The Bertz CT molecular complexity index is 641. The highest BCUT2D eigenvalue weighted by Gasteiger charge is 2.16. The molecule has 0 amide bonds. The van der Waals surface area contributed by atoms with E-state index in [0.717, 1.165) is 31.0 Å². The normalized spacial score (nSPS) is 14.9. The molecule has 2 heterocycles. The summed E-state index contributed by atoms with van der Waals surface area (Å²) < 4.78 is 15.5. The molecule has 0 radical (unpaired) electrons. The van der Waals surface area contributed by atoms with Crippen molar-refractivity contribution in [2.45, 2.75) is 19.6 Å². The van der Waals surface area contributed by atoms with Crippen LogP contribution in [0.5, 0.6) is 0 Å². The van der Waals surface area contributed by atoms with E-state index in [9.17, 15) is 4.39 Å². The first-order valence-electron chi connectivity index (χ1n) is 6.16. The van der Waals surface area contributed by atoms with E-state index < -0.39 is 0 Å². The van der Waals surface area contributed by atoms with Crippen molar-refractivity contribution < 1.29 is 4.39 Å². The molecule has 0 aliphatic carbocycles. The SMILES string of the molecule is N#Cc1cc(F)cc(CN2CCn3ccnc3C2)c1. The van der Waals surface area contributed by atoms with Gasteiger partial charge in [-0.05, 0) is 23.8 Å². The highest BCUT2D eigenvalue weighted by atomic mass is 19.1. The van der Waals surface area contributed by atoms with Crippen LogP contribution in [0, 0.1) is 17.1 Å². The minimum atomic E-state index is -0.354. The monoisotopic (exact) mass is 256 g/mol. The zero-order valence-corrected chi connectivity index (χ0v) is 10.4. The van der Waals surface area contributed by atoms with Crippen LogP contribution in [0.4, 0.5) is 4.39 Å². The first-order chi connectivity index (χ1) is 9.24. The number of rotatable bonds is 2. The molecule has 0 fully saturated rings. The van der Waals surface area contributed by atoms with Gasteiger partial charge in [0.2, 0.25) is 0 Å². The molecule has 0 atom stereocenters. The third kappa shape index (κ3) is 2.49. The average molecular weight is 256 g/mol.